The van der Waals surface area contributed by atoms with Crippen LogP contribution in [-0.4, -0.2) is 46.3 Å². The zero-order valence-corrected chi connectivity index (χ0v) is 10.5. The van der Waals surface area contributed by atoms with Gasteiger partial charge < -0.3 is 10.2 Å². The van der Waals surface area contributed by atoms with Crippen LogP contribution in [0.25, 0.3) is 0 Å². The van der Waals surface area contributed by atoms with Gasteiger partial charge in [0.15, 0.2) is 0 Å². The second-order valence-corrected chi connectivity index (χ2v) is 4.59. The maximum absolute atomic E-state index is 12.2. The molecule has 1 N–H and O–H groups in total. The Morgan fingerprint density at radius 1 is 1.65 bits per heavy atom. The highest BCUT2D eigenvalue weighted by atomic mass is 16.2. The van der Waals surface area contributed by atoms with Gasteiger partial charge in [0.25, 0.3) is 0 Å². The molecule has 2 heterocycles. The summed E-state index contributed by atoms with van der Waals surface area (Å²) in [5, 5.41) is 7.26. The lowest BCUT2D eigenvalue weighted by atomic mass is 10.0. The SMILES string of the molecule is CNC1CCCN(C(C)Cn2cccn2)C1=O. The predicted molar refractivity (Wildman–Crippen MR) is 65.5 cm³/mol. The quantitative estimate of drug-likeness (QED) is 0.827. The molecule has 0 aliphatic carbocycles. The zero-order chi connectivity index (χ0) is 12.3. The zero-order valence-electron chi connectivity index (χ0n) is 10.5. The van der Waals surface area contributed by atoms with Crippen molar-refractivity contribution in [2.45, 2.75) is 38.4 Å². The number of likely N-dealkylation sites (tertiary alicyclic amines) is 1. The van der Waals surface area contributed by atoms with Crippen LogP contribution in [-0.2, 0) is 11.3 Å². The number of likely N-dealkylation sites (N-methyl/N-ethyl adjacent to an activating group) is 1. The van der Waals surface area contributed by atoms with Crippen molar-refractivity contribution in [3.8, 4) is 0 Å². The second kappa shape index (κ2) is 5.31. The number of hydrogen-bond donors (Lipinski definition) is 1. The number of amides is 1. The van der Waals surface area contributed by atoms with E-state index in [4.69, 9.17) is 0 Å². The van der Waals surface area contributed by atoms with E-state index in [-0.39, 0.29) is 18.0 Å². The van der Waals surface area contributed by atoms with Crippen LogP contribution in [0.4, 0.5) is 0 Å². The summed E-state index contributed by atoms with van der Waals surface area (Å²) in [4.78, 5) is 14.1. The summed E-state index contributed by atoms with van der Waals surface area (Å²) in [7, 11) is 1.85. The third kappa shape index (κ3) is 2.66. The molecule has 1 saturated heterocycles. The lowest BCUT2D eigenvalue weighted by Gasteiger charge is -2.36. The van der Waals surface area contributed by atoms with Gasteiger partial charge in [-0.2, -0.15) is 5.10 Å². The molecule has 94 valence electrons. The number of nitrogens with zero attached hydrogens (tertiary/aromatic N) is 3. The van der Waals surface area contributed by atoms with Gasteiger partial charge >= 0.3 is 0 Å². The first-order chi connectivity index (χ1) is 8.22. The van der Waals surface area contributed by atoms with Crippen molar-refractivity contribution in [2.75, 3.05) is 13.6 Å². The molecule has 0 spiro atoms. The van der Waals surface area contributed by atoms with Crippen LogP contribution in [0.3, 0.4) is 0 Å². The highest BCUT2D eigenvalue weighted by Crippen LogP contribution is 2.15. The number of piperidine rings is 1. The molecule has 5 heteroatoms. The summed E-state index contributed by atoms with van der Waals surface area (Å²) in [5.74, 6) is 0.221. The lowest BCUT2D eigenvalue weighted by Crippen LogP contribution is -2.53. The molecular formula is C12H20N4O. The van der Waals surface area contributed by atoms with Crippen molar-refractivity contribution >= 4 is 5.91 Å². The number of aromatic nitrogens is 2. The smallest absolute Gasteiger partial charge is 0.239 e. The van der Waals surface area contributed by atoms with Crippen molar-refractivity contribution in [3.05, 3.63) is 18.5 Å². The predicted octanol–water partition coefficient (Wildman–Crippen LogP) is 0.482. The van der Waals surface area contributed by atoms with E-state index < -0.39 is 0 Å². The first-order valence-corrected chi connectivity index (χ1v) is 6.17. The standard InChI is InChI=1S/C12H20N4O/c1-10(9-15-7-4-6-14-15)16-8-3-5-11(13-2)12(16)17/h4,6-7,10-11,13H,3,5,8-9H2,1-2H3. The highest BCUT2D eigenvalue weighted by Gasteiger charge is 2.30. The molecule has 17 heavy (non-hydrogen) atoms. The van der Waals surface area contributed by atoms with E-state index in [1.54, 1.807) is 6.20 Å². The molecule has 2 atom stereocenters. The van der Waals surface area contributed by atoms with Crippen LogP contribution < -0.4 is 5.32 Å². The second-order valence-electron chi connectivity index (χ2n) is 4.59. The largest absolute Gasteiger partial charge is 0.337 e. The van der Waals surface area contributed by atoms with Crippen molar-refractivity contribution in [3.63, 3.8) is 0 Å². The van der Waals surface area contributed by atoms with Crippen LogP contribution in [0.2, 0.25) is 0 Å². The van der Waals surface area contributed by atoms with Gasteiger partial charge in [0.2, 0.25) is 5.91 Å². The van der Waals surface area contributed by atoms with E-state index in [9.17, 15) is 4.79 Å². The van der Waals surface area contributed by atoms with E-state index in [0.717, 1.165) is 25.9 Å². The minimum absolute atomic E-state index is 0.0104. The number of carbonyl (C=O) groups excluding carboxylic acids is 1. The maximum Gasteiger partial charge on any atom is 0.239 e. The van der Waals surface area contributed by atoms with Gasteiger partial charge in [-0.25, -0.2) is 0 Å². The third-order valence-electron chi connectivity index (χ3n) is 3.36. The third-order valence-corrected chi connectivity index (χ3v) is 3.36. The molecule has 1 aromatic heterocycles. The van der Waals surface area contributed by atoms with Gasteiger partial charge in [-0.05, 0) is 32.9 Å². The summed E-state index contributed by atoms with van der Waals surface area (Å²) in [6.07, 6.45) is 5.71. The lowest BCUT2D eigenvalue weighted by molar-refractivity contribution is -0.138. The topological polar surface area (TPSA) is 50.2 Å². The van der Waals surface area contributed by atoms with Crippen LogP contribution in [0, 0.1) is 0 Å². The van der Waals surface area contributed by atoms with Crippen LogP contribution >= 0.6 is 0 Å². The highest BCUT2D eigenvalue weighted by molar-refractivity contribution is 5.82. The normalized spacial score (nSPS) is 22.8. The summed E-state index contributed by atoms with van der Waals surface area (Å²) in [5.41, 5.74) is 0. The Morgan fingerprint density at radius 2 is 2.47 bits per heavy atom. The van der Waals surface area contributed by atoms with E-state index in [2.05, 4.69) is 17.3 Å². The van der Waals surface area contributed by atoms with Gasteiger partial charge in [0, 0.05) is 25.0 Å². The van der Waals surface area contributed by atoms with Crippen molar-refractivity contribution in [1.29, 1.82) is 0 Å². The molecule has 0 bridgehead atoms. The Labute approximate surface area is 102 Å². The van der Waals surface area contributed by atoms with Crippen molar-refractivity contribution < 1.29 is 4.79 Å². The van der Waals surface area contributed by atoms with Gasteiger partial charge in [-0.3, -0.25) is 9.48 Å². The number of hydrogen-bond acceptors (Lipinski definition) is 3. The van der Waals surface area contributed by atoms with Crippen molar-refractivity contribution in [2.24, 2.45) is 0 Å². The molecule has 2 unspecified atom stereocenters. The molecule has 0 aromatic carbocycles. The number of rotatable bonds is 4. The molecule has 5 nitrogen and oxygen atoms in total. The monoisotopic (exact) mass is 236 g/mol. The molecule has 1 fully saturated rings. The average molecular weight is 236 g/mol. The van der Waals surface area contributed by atoms with Crippen LogP contribution in [0.15, 0.2) is 18.5 Å². The molecule has 1 amide bonds. The molecule has 1 aliphatic rings. The molecular weight excluding hydrogens is 216 g/mol. The van der Waals surface area contributed by atoms with E-state index in [0.29, 0.717) is 0 Å². The number of nitrogens with one attached hydrogen (secondary N) is 1. The Bertz CT molecular complexity index is 363. The first kappa shape index (κ1) is 12.1. The fraction of sp³-hybridized carbons (Fsp3) is 0.667. The summed E-state index contributed by atoms with van der Waals surface area (Å²) in [6.45, 7) is 3.70. The Morgan fingerprint density at radius 3 is 3.12 bits per heavy atom. The summed E-state index contributed by atoms with van der Waals surface area (Å²) in [6, 6.07) is 2.09. The Balaban J connectivity index is 1.98. The molecule has 2 rings (SSSR count). The maximum atomic E-state index is 12.2. The first-order valence-electron chi connectivity index (χ1n) is 6.17. The van der Waals surface area contributed by atoms with E-state index in [1.165, 1.54) is 0 Å². The molecule has 0 saturated carbocycles. The van der Waals surface area contributed by atoms with Gasteiger partial charge in [0.05, 0.1) is 12.6 Å². The fourth-order valence-corrected chi connectivity index (χ4v) is 2.38. The van der Waals surface area contributed by atoms with Gasteiger partial charge in [-0.15, -0.1) is 0 Å². The molecule has 0 radical (unpaired) electrons. The van der Waals surface area contributed by atoms with Crippen LogP contribution in [0.5, 0.6) is 0 Å². The van der Waals surface area contributed by atoms with E-state index >= 15 is 0 Å². The Kier molecular flexibility index (Phi) is 3.78. The van der Waals surface area contributed by atoms with E-state index in [1.807, 2.05) is 28.9 Å². The van der Waals surface area contributed by atoms with Gasteiger partial charge in [-0.1, -0.05) is 0 Å². The number of carbonyl (C=O) groups is 1. The molecule has 1 aromatic rings. The average Bonchev–Trinajstić information content (AvgIpc) is 2.82. The van der Waals surface area contributed by atoms with Gasteiger partial charge in [0.1, 0.15) is 0 Å². The summed E-state index contributed by atoms with van der Waals surface area (Å²) < 4.78 is 1.88. The minimum Gasteiger partial charge on any atom is -0.337 e. The Hall–Kier alpha value is -1.36. The van der Waals surface area contributed by atoms with Crippen LogP contribution in [0.1, 0.15) is 19.8 Å². The summed E-state index contributed by atoms with van der Waals surface area (Å²) >= 11 is 0. The molecule has 1 aliphatic heterocycles. The minimum atomic E-state index is -0.0104. The fourth-order valence-electron chi connectivity index (χ4n) is 2.38. The van der Waals surface area contributed by atoms with Crippen molar-refractivity contribution in [1.82, 2.24) is 20.0 Å².